The second kappa shape index (κ2) is 3.93. The molecule has 1 aliphatic heterocycles. The number of carbonyl (C=O) groups is 1. The fraction of sp³-hybridized carbons (Fsp3) is 0.857. The molecule has 0 aliphatic carbocycles. The van der Waals surface area contributed by atoms with E-state index in [1.807, 2.05) is 0 Å². The van der Waals surface area contributed by atoms with Crippen LogP contribution in [0.2, 0.25) is 0 Å². The molecule has 4 heteroatoms. The van der Waals surface area contributed by atoms with Crippen LogP contribution in [0.15, 0.2) is 0 Å². The van der Waals surface area contributed by atoms with Gasteiger partial charge in [0.2, 0.25) is 0 Å². The molecule has 0 aromatic carbocycles. The van der Waals surface area contributed by atoms with Crippen LogP contribution in [-0.4, -0.2) is 29.2 Å². The minimum Gasteiger partial charge on any atom is -0.480 e. The number of carboxylic acid groups (broad SMARTS) is 1. The summed E-state index contributed by atoms with van der Waals surface area (Å²) >= 11 is 5.52. The highest BCUT2D eigenvalue weighted by Crippen LogP contribution is 2.19. The van der Waals surface area contributed by atoms with Crippen molar-refractivity contribution < 1.29 is 14.6 Å². The maximum absolute atomic E-state index is 10.3. The van der Waals surface area contributed by atoms with Gasteiger partial charge < -0.3 is 9.84 Å². The quantitative estimate of drug-likeness (QED) is 0.662. The van der Waals surface area contributed by atoms with E-state index in [1.54, 1.807) is 0 Å². The summed E-state index contributed by atoms with van der Waals surface area (Å²) in [4.78, 5) is 10.3. The smallest absolute Gasteiger partial charge is 0.321 e. The molecule has 1 aliphatic rings. The lowest BCUT2D eigenvalue weighted by molar-refractivity contribution is -0.137. The molecule has 0 radical (unpaired) electrons. The van der Waals surface area contributed by atoms with E-state index in [0.29, 0.717) is 6.42 Å². The van der Waals surface area contributed by atoms with Crippen LogP contribution in [0.25, 0.3) is 0 Å². The summed E-state index contributed by atoms with van der Waals surface area (Å²) in [7, 11) is 0. The highest BCUT2D eigenvalue weighted by Gasteiger charge is 2.23. The van der Waals surface area contributed by atoms with Gasteiger partial charge in [-0.2, -0.15) is 0 Å². The molecule has 1 rings (SSSR count). The maximum Gasteiger partial charge on any atom is 0.321 e. The molecule has 64 valence electrons. The summed E-state index contributed by atoms with van der Waals surface area (Å²) in [5.41, 5.74) is 0. The number of rotatable bonds is 3. The van der Waals surface area contributed by atoms with Gasteiger partial charge in [-0.15, -0.1) is 11.6 Å². The number of halogens is 1. The molecule has 1 heterocycles. The average molecular weight is 179 g/mol. The fourth-order valence-electron chi connectivity index (χ4n) is 1.16. The highest BCUT2D eigenvalue weighted by molar-refractivity contribution is 6.29. The third-order valence-corrected chi connectivity index (χ3v) is 2.13. The Labute approximate surface area is 70.3 Å². The first-order chi connectivity index (χ1) is 5.20. The van der Waals surface area contributed by atoms with Crippen molar-refractivity contribution in [3.05, 3.63) is 0 Å². The number of ether oxygens (including phenoxy) is 1. The van der Waals surface area contributed by atoms with E-state index in [4.69, 9.17) is 21.4 Å². The van der Waals surface area contributed by atoms with Gasteiger partial charge in [0.15, 0.2) is 0 Å². The molecule has 1 N–H and O–H groups in total. The Bertz CT molecular complexity index is 143. The van der Waals surface area contributed by atoms with Gasteiger partial charge in [-0.3, -0.25) is 4.79 Å². The van der Waals surface area contributed by atoms with Gasteiger partial charge >= 0.3 is 5.97 Å². The van der Waals surface area contributed by atoms with E-state index in [-0.39, 0.29) is 6.10 Å². The third-order valence-electron chi connectivity index (χ3n) is 1.76. The lowest BCUT2D eigenvalue weighted by Crippen LogP contribution is -2.20. The number of aliphatic carboxylic acids is 1. The first-order valence-corrected chi connectivity index (χ1v) is 4.12. The summed E-state index contributed by atoms with van der Waals surface area (Å²) in [6.07, 6.45) is 2.45. The molecule has 0 aromatic heterocycles. The summed E-state index contributed by atoms with van der Waals surface area (Å²) in [6, 6.07) is 0. The molecule has 11 heavy (non-hydrogen) atoms. The summed E-state index contributed by atoms with van der Waals surface area (Å²) in [5.74, 6) is -0.956. The molecule has 3 nitrogen and oxygen atoms in total. The fourth-order valence-corrected chi connectivity index (χ4v) is 1.36. The van der Waals surface area contributed by atoms with Gasteiger partial charge in [0.1, 0.15) is 5.38 Å². The van der Waals surface area contributed by atoms with E-state index in [1.165, 1.54) is 0 Å². The molecular formula is C7H11ClO3. The van der Waals surface area contributed by atoms with Crippen molar-refractivity contribution in [2.45, 2.75) is 30.7 Å². The van der Waals surface area contributed by atoms with Crippen molar-refractivity contribution in [2.75, 3.05) is 6.61 Å². The van der Waals surface area contributed by atoms with Crippen LogP contribution in [0.3, 0.4) is 0 Å². The first kappa shape index (κ1) is 8.81. The monoisotopic (exact) mass is 178 g/mol. The zero-order chi connectivity index (χ0) is 8.27. The highest BCUT2D eigenvalue weighted by atomic mass is 35.5. The van der Waals surface area contributed by atoms with Gasteiger partial charge in [0, 0.05) is 13.0 Å². The zero-order valence-corrected chi connectivity index (χ0v) is 6.88. The number of hydrogen-bond donors (Lipinski definition) is 1. The molecule has 0 bridgehead atoms. The Morgan fingerprint density at radius 3 is 3.00 bits per heavy atom. The summed E-state index contributed by atoms with van der Waals surface area (Å²) in [6.45, 7) is 0.744. The predicted octanol–water partition coefficient (Wildman–Crippen LogP) is 1.25. The first-order valence-electron chi connectivity index (χ1n) is 3.68. The molecule has 0 saturated carbocycles. The van der Waals surface area contributed by atoms with Crippen molar-refractivity contribution in [3.63, 3.8) is 0 Å². The van der Waals surface area contributed by atoms with Crippen LogP contribution in [-0.2, 0) is 9.53 Å². The van der Waals surface area contributed by atoms with Crippen LogP contribution in [0.4, 0.5) is 0 Å². The van der Waals surface area contributed by atoms with E-state index in [9.17, 15) is 4.79 Å². The average Bonchev–Trinajstić information content (AvgIpc) is 2.39. The van der Waals surface area contributed by atoms with Gasteiger partial charge in [-0.05, 0) is 12.8 Å². The van der Waals surface area contributed by atoms with Crippen LogP contribution in [0, 0.1) is 0 Å². The normalized spacial score (nSPS) is 26.8. The molecule has 1 fully saturated rings. The SMILES string of the molecule is O=C(O)C(Cl)CC1CCCO1. The molecule has 0 aromatic rings. The van der Waals surface area contributed by atoms with Crippen LogP contribution < -0.4 is 0 Å². The Morgan fingerprint density at radius 1 is 1.82 bits per heavy atom. The van der Waals surface area contributed by atoms with Crippen molar-refractivity contribution in [3.8, 4) is 0 Å². The largest absolute Gasteiger partial charge is 0.480 e. The third kappa shape index (κ3) is 2.67. The standard InChI is InChI=1S/C7H11ClO3/c8-6(7(9)10)4-5-2-1-3-11-5/h5-6H,1-4H2,(H,9,10). The molecule has 2 atom stereocenters. The van der Waals surface area contributed by atoms with Crippen molar-refractivity contribution in [1.82, 2.24) is 0 Å². The van der Waals surface area contributed by atoms with Gasteiger partial charge in [0.05, 0.1) is 6.10 Å². The van der Waals surface area contributed by atoms with Crippen molar-refractivity contribution >= 4 is 17.6 Å². The maximum atomic E-state index is 10.3. The predicted molar refractivity (Wildman–Crippen MR) is 40.9 cm³/mol. The van der Waals surface area contributed by atoms with Gasteiger partial charge in [-0.1, -0.05) is 0 Å². The van der Waals surface area contributed by atoms with E-state index in [2.05, 4.69) is 0 Å². The van der Waals surface area contributed by atoms with Crippen molar-refractivity contribution in [2.24, 2.45) is 0 Å². The number of hydrogen-bond acceptors (Lipinski definition) is 2. The Morgan fingerprint density at radius 2 is 2.55 bits per heavy atom. The second-order valence-corrected chi connectivity index (χ2v) is 3.20. The Hall–Kier alpha value is -0.280. The molecular weight excluding hydrogens is 168 g/mol. The van der Waals surface area contributed by atoms with Crippen LogP contribution in [0.5, 0.6) is 0 Å². The van der Waals surface area contributed by atoms with Crippen LogP contribution in [0.1, 0.15) is 19.3 Å². The number of carboxylic acids is 1. The number of alkyl halides is 1. The minimum absolute atomic E-state index is 0.0635. The second-order valence-electron chi connectivity index (χ2n) is 2.68. The molecule has 2 unspecified atom stereocenters. The zero-order valence-electron chi connectivity index (χ0n) is 6.12. The van der Waals surface area contributed by atoms with Crippen molar-refractivity contribution in [1.29, 1.82) is 0 Å². The summed E-state index contributed by atoms with van der Waals surface area (Å²) in [5, 5.41) is 7.66. The van der Waals surface area contributed by atoms with E-state index >= 15 is 0 Å². The van der Waals surface area contributed by atoms with Crippen LogP contribution >= 0.6 is 11.6 Å². The topological polar surface area (TPSA) is 46.5 Å². The molecule has 1 saturated heterocycles. The Balaban J connectivity index is 2.23. The Kier molecular flexibility index (Phi) is 3.15. The molecule has 0 amide bonds. The molecule has 0 spiro atoms. The van der Waals surface area contributed by atoms with E-state index < -0.39 is 11.3 Å². The lowest BCUT2D eigenvalue weighted by Gasteiger charge is -2.09. The minimum atomic E-state index is -0.956. The van der Waals surface area contributed by atoms with Gasteiger partial charge in [0.25, 0.3) is 0 Å². The summed E-state index contributed by atoms with van der Waals surface area (Å²) < 4.78 is 5.23. The van der Waals surface area contributed by atoms with Gasteiger partial charge in [-0.25, -0.2) is 0 Å². The van der Waals surface area contributed by atoms with E-state index in [0.717, 1.165) is 19.4 Å². The lowest BCUT2D eigenvalue weighted by atomic mass is 10.1.